The third-order valence-corrected chi connectivity index (χ3v) is 6.33. The van der Waals surface area contributed by atoms with Crippen molar-refractivity contribution in [3.8, 4) is 0 Å². The number of nitrogens with two attached hydrogens (primary N) is 4. The number of amides is 4. The average molecular weight is 604 g/mol. The number of hydrogen-bond donors (Lipinski definition) is 10. The Hall–Kier alpha value is -5.19. The van der Waals surface area contributed by atoms with Gasteiger partial charge in [0.1, 0.15) is 18.1 Å². The van der Waals surface area contributed by atoms with Gasteiger partial charge in [0.05, 0.1) is 12.5 Å². The molecule has 4 atom stereocenters. The summed E-state index contributed by atoms with van der Waals surface area (Å²) in [7, 11) is 0. The van der Waals surface area contributed by atoms with E-state index in [9.17, 15) is 39.0 Å². The van der Waals surface area contributed by atoms with Crippen molar-refractivity contribution in [2.75, 3.05) is 6.54 Å². The Morgan fingerprint density at radius 1 is 0.860 bits per heavy atom. The molecular formula is C26H37N9O8. The van der Waals surface area contributed by atoms with E-state index in [4.69, 9.17) is 22.9 Å². The van der Waals surface area contributed by atoms with Crippen molar-refractivity contribution < 1.29 is 39.0 Å². The number of carboxylic acids is 2. The number of nitrogens with zero attached hydrogens (tertiary/aromatic N) is 1. The molecule has 2 aromatic rings. The first-order chi connectivity index (χ1) is 20.3. The zero-order valence-electron chi connectivity index (χ0n) is 23.2. The molecular weight excluding hydrogens is 566 g/mol. The van der Waals surface area contributed by atoms with Crippen LogP contribution in [0.5, 0.6) is 0 Å². The van der Waals surface area contributed by atoms with Crippen LogP contribution in [0.3, 0.4) is 0 Å². The van der Waals surface area contributed by atoms with Crippen LogP contribution in [0, 0.1) is 0 Å². The number of aromatic amines is 1. The lowest BCUT2D eigenvalue weighted by molar-refractivity contribution is -0.143. The van der Waals surface area contributed by atoms with Gasteiger partial charge in [0.2, 0.25) is 23.6 Å². The number of aliphatic carboxylic acids is 2. The standard InChI is InChI=1S/C26H37N9O8/c27-15(11-20(28)36)22(39)35-19(10-13-12-32-16-5-2-1-4-14(13)16)24(41)33-17(7-8-21(37)38)23(40)34-18(25(42)43)6-3-9-31-26(29)30/h1-2,4-5,12,15,17-19,32H,3,6-11,27H2,(H2,28,36)(H,33,41)(H,34,40)(H,35,39)(H,37,38)(H,42,43)(H4,29,30,31). The molecule has 0 saturated heterocycles. The number of carbonyl (C=O) groups excluding carboxylic acids is 4. The molecule has 4 amide bonds. The Labute approximate surface area is 245 Å². The summed E-state index contributed by atoms with van der Waals surface area (Å²) in [6.45, 7) is 0.105. The van der Waals surface area contributed by atoms with Gasteiger partial charge in [0.15, 0.2) is 5.96 Å². The maximum atomic E-state index is 13.5. The average Bonchev–Trinajstić information content (AvgIpc) is 3.33. The second kappa shape index (κ2) is 16.3. The lowest BCUT2D eigenvalue weighted by Gasteiger charge is -2.25. The number of hydrogen-bond acceptors (Lipinski definition) is 8. The van der Waals surface area contributed by atoms with Crippen LogP contribution in [0.4, 0.5) is 0 Å². The smallest absolute Gasteiger partial charge is 0.326 e. The molecule has 0 saturated carbocycles. The van der Waals surface area contributed by atoms with E-state index in [-0.39, 0.29) is 38.2 Å². The van der Waals surface area contributed by atoms with Crippen molar-refractivity contribution in [1.82, 2.24) is 20.9 Å². The van der Waals surface area contributed by atoms with E-state index in [1.54, 1.807) is 30.5 Å². The largest absolute Gasteiger partial charge is 0.481 e. The van der Waals surface area contributed by atoms with Crippen molar-refractivity contribution in [3.63, 3.8) is 0 Å². The van der Waals surface area contributed by atoms with Gasteiger partial charge in [-0.3, -0.25) is 29.0 Å². The number of para-hydroxylation sites is 1. The van der Waals surface area contributed by atoms with Gasteiger partial charge in [-0.1, -0.05) is 18.2 Å². The predicted octanol–water partition coefficient (Wildman–Crippen LogP) is -2.63. The van der Waals surface area contributed by atoms with Gasteiger partial charge >= 0.3 is 11.9 Å². The van der Waals surface area contributed by atoms with Gasteiger partial charge in [-0.2, -0.15) is 0 Å². The first-order valence-corrected chi connectivity index (χ1v) is 13.3. The molecule has 0 radical (unpaired) electrons. The molecule has 14 N–H and O–H groups in total. The van der Waals surface area contributed by atoms with Crippen molar-refractivity contribution in [1.29, 1.82) is 0 Å². The van der Waals surface area contributed by atoms with Crippen LogP contribution in [0.25, 0.3) is 10.9 Å². The second-order valence-corrected chi connectivity index (χ2v) is 9.74. The van der Waals surface area contributed by atoms with E-state index >= 15 is 0 Å². The van der Waals surface area contributed by atoms with Crippen LogP contribution in [0.2, 0.25) is 0 Å². The molecule has 0 spiro atoms. The summed E-state index contributed by atoms with van der Waals surface area (Å²) in [5.74, 6) is -6.35. The van der Waals surface area contributed by atoms with Crippen molar-refractivity contribution in [3.05, 3.63) is 36.0 Å². The molecule has 0 aliphatic carbocycles. The van der Waals surface area contributed by atoms with Gasteiger partial charge in [-0.05, 0) is 30.9 Å². The molecule has 1 heterocycles. The number of carbonyl (C=O) groups is 6. The normalized spacial score (nSPS) is 13.6. The molecule has 17 nitrogen and oxygen atoms in total. The summed E-state index contributed by atoms with van der Waals surface area (Å²) >= 11 is 0. The van der Waals surface area contributed by atoms with Crippen LogP contribution in [-0.2, 0) is 35.2 Å². The SMILES string of the molecule is NC(=O)CC(N)C(=O)NC(Cc1c[nH]c2ccccc12)C(=O)NC(CCC(=O)O)C(=O)NC(CCCN=C(N)N)C(=O)O. The number of carboxylic acid groups (broad SMARTS) is 2. The molecule has 17 heteroatoms. The van der Waals surface area contributed by atoms with Crippen LogP contribution >= 0.6 is 0 Å². The van der Waals surface area contributed by atoms with Crippen LogP contribution < -0.4 is 38.9 Å². The summed E-state index contributed by atoms with van der Waals surface area (Å²) in [5.41, 5.74) is 22.8. The topological polar surface area (TPSA) is 311 Å². The Morgan fingerprint density at radius 3 is 2.12 bits per heavy atom. The highest BCUT2D eigenvalue weighted by Gasteiger charge is 2.31. The Bertz CT molecular complexity index is 1360. The van der Waals surface area contributed by atoms with Crippen LogP contribution in [-0.4, -0.2) is 87.4 Å². The minimum Gasteiger partial charge on any atom is -0.481 e. The van der Waals surface area contributed by atoms with E-state index in [0.717, 1.165) is 10.9 Å². The molecule has 0 bridgehead atoms. The highest BCUT2D eigenvalue weighted by Crippen LogP contribution is 2.19. The first kappa shape index (κ1) is 34.0. The Balaban J connectivity index is 2.28. The van der Waals surface area contributed by atoms with Gasteiger partial charge in [0.25, 0.3) is 0 Å². The number of aromatic nitrogens is 1. The number of aliphatic imine (C=N–C) groups is 1. The molecule has 234 valence electrons. The molecule has 0 fully saturated rings. The molecule has 0 aliphatic rings. The summed E-state index contributed by atoms with van der Waals surface area (Å²) in [6, 6.07) is 1.60. The lowest BCUT2D eigenvalue weighted by Crippen LogP contribution is -2.57. The summed E-state index contributed by atoms with van der Waals surface area (Å²) in [5, 5.41) is 26.7. The van der Waals surface area contributed by atoms with Gasteiger partial charge in [-0.25, -0.2) is 4.79 Å². The van der Waals surface area contributed by atoms with Crippen molar-refractivity contribution >= 4 is 52.4 Å². The van der Waals surface area contributed by atoms with Gasteiger partial charge in [-0.15, -0.1) is 0 Å². The molecule has 4 unspecified atom stereocenters. The third kappa shape index (κ3) is 11.3. The van der Waals surface area contributed by atoms with Crippen molar-refractivity contribution in [2.45, 2.75) is 62.7 Å². The van der Waals surface area contributed by atoms with Crippen molar-refractivity contribution in [2.24, 2.45) is 27.9 Å². The lowest BCUT2D eigenvalue weighted by atomic mass is 10.0. The Kier molecular flexibility index (Phi) is 12.9. The molecule has 1 aromatic carbocycles. The number of rotatable bonds is 18. The van der Waals surface area contributed by atoms with Crippen LogP contribution in [0.15, 0.2) is 35.5 Å². The summed E-state index contributed by atoms with van der Waals surface area (Å²) < 4.78 is 0. The highest BCUT2D eigenvalue weighted by molar-refractivity contribution is 5.96. The predicted molar refractivity (Wildman–Crippen MR) is 154 cm³/mol. The van der Waals surface area contributed by atoms with E-state index in [0.29, 0.717) is 5.56 Å². The molecule has 43 heavy (non-hydrogen) atoms. The minimum absolute atomic E-state index is 0.0611. The quantitative estimate of drug-likeness (QED) is 0.0477. The van der Waals surface area contributed by atoms with E-state index in [1.807, 2.05) is 0 Å². The van der Waals surface area contributed by atoms with E-state index in [2.05, 4.69) is 25.9 Å². The highest BCUT2D eigenvalue weighted by atomic mass is 16.4. The van der Waals surface area contributed by atoms with Gasteiger partial charge in [0, 0.05) is 36.5 Å². The number of benzene rings is 1. The fraction of sp³-hybridized carbons (Fsp3) is 0.423. The first-order valence-electron chi connectivity index (χ1n) is 13.3. The van der Waals surface area contributed by atoms with Gasteiger partial charge < -0.3 is 54.1 Å². The number of fused-ring (bicyclic) bond motifs is 1. The number of guanidine groups is 1. The number of nitrogens with one attached hydrogen (secondary N) is 4. The Morgan fingerprint density at radius 2 is 1.49 bits per heavy atom. The van der Waals surface area contributed by atoms with Crippen LogP contribution in [0.1, 0.15) is 37.7 Å². The monoisotopic (exact) mass is 603 g/mol. The fourth-order valence-corrected chi connectivity index (χ4v) is 4.16. The number of primary amides is 1. The van der Waals surface area contributed by atoms with E-state index < -0.39 is 72.6 Å². The second-order valence-electron chi connectivity index (χ2n) is 9.74. The third-order valence-electron chi connectivity index (χ3n) is 6.33. The molecule has 2 rings (SSSR count). The summed E-state index contributed by atoms with van der Waals surface area (Å²) in [6.07, 6.45) is 0.276. The zero-order chi connectivity index (χ0) is 32.1. The molecule has 1 aromatic heterocycles. The summed E-state index contributed by atoms with van der Waals surface area (Å²) in [4.78, 5) is 80.4. The van der Waals surface area contributed by atoms with E-state index in [1.165, 1.54) is 0 Å². The number of H-pyrrole nitrogens is 1. The minimum atomic E-state index is -1.48. The molecule has 0 aliphatic heterocycles. The maximum Gasteiger partial charge on any atom is 0.326 e. The maximum absolute atomic E-state index is 13.5. The zero-order valence-corrected chi connectivity index (χ0v) is 23.2. The fourth-order valence-electron chi connectivity index (χ4n) is 4.16.